The van der Waals surface area contributed by atoms with Crippen LogP contribution in [0.2, 0.25) is 0 Å². The molecule has 21 heavy (non-hydrogen) atoms. The largest absolute Gasteiger partial charge is 0.315 e. The normalized spacial score (nSPS) is 19.3. The van der Waals surface area contributed by atoms with Gasteiger partial charge in [-0.15, -0.1) is 11.3 Å². The van der Waals surface area contributed by atoms with Crippen molar-refractivity contribution in [2.75, 3.05) is 11.9 Å². The van der Waals surface area contributed by atoms with Crippen molar-refractivity contribution in [3.63, 3.8) is 0 Å². The molecule has 2 aromatic rings. The zero-order chi connectivity index (χ0) is 14.8. The van der Waals surface area contributed by atoms with Gasteiger partial charge in [-0.3, -0.25) is 9.88 Å². The molecule has 3 heterocycles. The number of likely N-dealkylation sites (tertiary alicyclic amines) is 1. The van der Waals surface area contributed by atoms with Crippen molar-refractivity contribution in [1.82, 2.24) is 19.9 Å². The summed E-state index contributed by atoms with van der Waals surface area (Å²) < 4.78 is 0. The van der Waals surface area contributed by atoms with E-state index in [9.17, 15) is 0 Å². The molecule has 5 nitrogen and oxygen atoms in total. The van der Waals surface area contributed by atoms with Gasteiger partial charge in [0.2, 0.25) is 0 Å². The van der Waals surface area contributed by atoms with Crippen molar-refractivity contribution < 1.29 is 0 Å². The smallest absolute Gasteiger partial charge is 0.188 e. The molecule has 1 aliphatic rings. The van der Waals surface area contributed by atoms with Crippen molar-refractivity contribution >= 4 is 22.3 Å². The molecule has 1 unspecified atom stereocenters. The highest BCUT2D eigenvalue weighted by Crippen LogP contribution is 2.36. The van der Waals surface area contributed by atoms with Crippen LogP contribution in [0.1, 0.15) is 44.1 Å². The highest BCUT2D eigenvalue weighted by molar-refractivity contribution is 7.13. The molecular formula is C15H21N5S. The Morgan fingerprint density at radius 1 is 1.33 bits per heavy atom. The maximum atomic E-state index is 4.61. The van der Waals surface area contributed by atoms with Crippen molar-refractivity contribution in [3.05, 3.63) is 29.2 Å². The molecule has 0 aromatic carbocycles. The standard InChI is InChI=1S/C15H21N5S/c1-10(2)20-8-4-5-12(20)13-14(17-7-6-16-13)19-15-18-11(3)9-21-15/h6-7,9-10,12H,4-5,8H2,1-3H3,(H,17,18,19). The first kappa shape index (κ1) is 14.4. The summed E-state index contributed by atoms with van der Waals surface area (Å²) in [4.78, 5) is 16.1. The summed E-state index contributed by atoms with van der Waals surface area (Å²) in [6.07, 6.45) is 5.88. The monoisotopic (exact) mass is 303 g/mol. The number of nitrogens with one attached hydrogen (secondary N) is 1. The van der Waals surface area contributed by atoms with Crippen molar-refractivity contribution in [3.8, 4) is 0 Å². The summed E-state index contributed by atoms with van der Waals surface area (Å²) >= 11 is 1.60. The average molecular weight is 303 g/mol. The lowest BCUT2D eigenvalue weighted by Crippen LogP contribution is -2.31. The van der Waals surface area contributed by atoms with Crippen LogP contribution < -0.4 is 5.32 Å². The number of aromatic nitrogens is 3. The Labute approximate surface area is 129 Å². The van der Waals surface area contributed by atoms with E-state index in [1.807, 2.05) is 12.3 Å². The van der Waals surface area contributed by atoms with Gasteiger partial charge in [0.15, 0.2) is 10.9 Å². The van der Waals surface area contributed by atoms with Gasteiger partial charge in [-0.1, -0.05) is 0 Å². The van der Waals surface area contributed by atoms with Gasteiger partial charge in [0, 0.05) is 23.8 Å². The molecule has 0 bridgehead atoms. The fraction of sp³-hybridized carbons (Fsp3) is 0.533. The molecule has 0 spiro atoms. The third-order valence-electron chi connectivity index (χ3n) is 3.84. The van der Waals surface area contributed by atoms with Crippen molar-refractivity contribution in [2.24, 2.45) is 0 Å². The maximum absolute atomic E-state index is 4.61. The molecule has 1 atom stereocenters. The third kappa shape index (κ3) is 3.06. The highest BCUT2D eigenvalue weighted by Gasteiger charge is 2.31. The van der Waals surface area contributed by atoms with Crippen molar-refractivity contribution in [2.45, 2.75) is 45.7 Å². The minimum atomic E-state index is 0.349. The van der Waals surface area contributed by atoms with Gasteiger partial charge in [-0.2, -0.15) is 0 Å². The van der Waals surface area contributed by atoms with Gasteiger partial charge in [-0.05, 0) is 40.2 Å². The predicted molar refractivity (Wildman–Crippen MR) is 86.0 cm³/mol. The van der Waals surface area contributed by atoms with Crippen LogP contribution in [0.4, 0.5) is 10.9 Å². The number of rotatable bonds is 4. The van der Waals surface area contributed by atoms with Crippen LogP contribution in [0.5, 0.6) is 0 Å². The Kier molecular flexibility index (Phi) is 4.17. The molecule has 1 aliphatic heterocycles. The van der Waals surface area contributed by atoms with E-state index in [1.54, 1.807) is 23.7 Å². The molecule has 3 rings (SSSR count). The van der Waals surface area contributed by atoms with E-state index in [2.05, 4.69) is 39.0 Å². The number of anilines is 2. The minimum Gasteiger partial charge on any atom is -0.315 e. The summed E-state index contributed by atoms with van der Waals surface area (Å²) in [6, 6.07) is 0.872. The minimum absolute atomic E-state index is 0.349. The quantitative estimate of drug-likeness (QED) is 0.936. The van der Waals surface area contributed by atoms with E-state index < -0.39 is 0 Å². The fourth-order valence-electron chi connectivity index (χ4n) is 2.90. The molecule has 0 saturated carbocycles. The molecule has 112 valence electrons. The molecule has 0 amide bonds. The third-order valence-corrected chi connectivity index (χ3v) is 4.72. The van der Waals surface area contributed by atoms with Crippen LogP contribution in [0.15, 0.2) is 17.8 Å². The lowest BCUT2D eigenvalue weighted by Gasteiger charge is -2.28. The molecule has 0 radical (unpaired) electrons. The molecular weight excluding hydrogens is 282 g/mol. The molecule has 1 fully saturated rings. The van der Waals surface area contributed by atoms with Gasteiger partial charge in [0.1, 0.15) is 5.69 Å². The van der Waals surface area contributed by atoms with Gasteiger partial charge < -0.3 is 5.32 Å². The van der Waals surface area contributed by atoms with Gasteiger partial charge in [0.05, 0.1) is 11.7 Å². The van der Waals surface area contributed by atoms with Gasteiger partial charge >= 0.3 is 0 Å². The summed E-state index contributed by atoms with van der Waals surface area (Å²) in [7, 11) is 0. The molecule has 2 aromatic heterocycles. The predicted octanol–water partition coefficient (Wildman–Crippen LogP) is 3.53. The Morgan fingerprint density at radius 2 is 2.14 bits per heavy atom. The van der Waals surface area contributed by atoms with Crippen LogP contribution in [-0.4, -0.2) is 32.4 Å². The number of hydrogen-bond donors (Lipinski definition) is 1. The second-order valence-corrected chi connectivity index (χ2v) is 6.56. The second kappa shape index (κ2) is 6.07. The Balaban J connectivity index is 1.88. The number of aryl methyl sites for hydroxylation is 1. The number of nitrogens with zero attached hydrogens (tertiary/aromatic N) is 4. The average Bonchev–Trinajstić information content (AvgIpc) is 3.08. The van der Waals surface area contributed by atoms with E-state index in [0.717, 1.165) is 35.3 Å². The van der Waals surface area contributed by atoms with E-state index in [1.165, 1.54) is 6.42 Å². The van der Waals surface area contributed by atoms with Crippen LogP contribution in [0.25, 0.3) is 0 Å². The summed E-state index contributed by atoms with van der Waals surface area (Å²) in [5.41, 5.74) is 2.06. The molecule has 1 N–H and O–H groups in total. The number of hydrogen-bond acceptors (Lipinski definition) is 6. The summed E-state index contributed by atoms with van der Waals surface area (Å²) in [5.74, 6) is 0.837. The zero-order valence-corrected chi connectivity index (χ0v) is 13.5. The lowest BCUT2D eigenvalue weighted by atomic mass is 10.1. The second-order valence-electron chi connectivity index (χ2n) is 5.70. The Bertz CT molecular complexity index is 610. The van der Waals surface area contributed by atoms with Crippen molar-refractivity contribution in [1.29, 1.82) is 0 Å². The van der Waals surface area contributed by atoms with Crippen LogP contribution >= 0.6 is 11.3 Å². The van der Waals surface area contributed by atoms with Crippen LogP contribution in [0, 0.1) is 6.92 Å². The molecule has 1 saturated heterocycles. The first-order valence-corrected chi connectivity index (χ1v) is 8.29. The first-order valence-electron chi connectivity index (χ1n) is 7.41. The highest BCUT2D eigenvalue weighted by atomic mass is 32.1. The van der Waals surface area contributed by atoms with Crippen LogP contribution in [0.3, 0.4) is 0 Å². The Morgan fingerprint density at radius 3 is 2.86 bits per heavy atom. The first-order chi connectivity index (χ1) is 10.1. The van der Waals surface area contributed by atoms with Crippen LogP contribution in [-0.2, 0) is 0 Å². The summed E-state index contributed by atoms with van der Waals surface area (Å²) in [6.45, 7) is 7.61. The van der Waals surface area contributed by atoms with E-state index >= 15 is 0 Å². The molecule has 0 aliphatic carbocycles. The maximum Gasteiger partial charge on any atom is 0.188 e. The van der Waals surface area contributed by atoms with Gasteiger partial charge in [-0.25, -0.2) is 9.97 Å². The number of thiazole rings is 1. The van der Waals surface area contributed by atoms with Gasteiger partial charge in [0.25, 0.3) is 0 Å². The molecule has 6 heteroatoms. The topological polar surface area (TPSA) is 53.9 Å². The lowest BCUT2D eigenvalue weighted by molar-refractivity contribution is 0.202. The SMILES string of the molecule is Cc1csc(Nc2nccnc2C2CCCN2C(C)C)n1. The van der Waals surface area contributed by atoms with E-state index in [0.29, 0.717) is 12.1 Å². The Hall–Kier alpha value is -1.53. The van der Waals surface area contributed by atoms with E-state index in [4.69, 9.17) is 0 Å². The zero-order valence-electron chi connectivity index (χ0n) is 12.7. The summed E-state index contributed by atoms with van der Waals surface area (Å²) in [5, 5.41) is 6.25. The fourth-order valence-corrected chi connectivity index (χ4v) is 3.59. The van der Waals surface area contributed by atoms with E-state index in [-0.39, 0.29) is 0 Å².